The summed E-state index contributed by atoms with van der Waals surface area (Å²) >= 11 is 0. The number of fused-ring (bicyclic) bond motifs is 8. The van der Waals surface area contributed by atoms with Gasteiger partial charge in [0.2, 0.25) is 11.8 Å². The minimum Gasteiger partial charge on any atom is -0.357 e. The third-order valence-corrected chi connectivity index (χ3v) is 9.21. The molecule has 1 saturated carbocycles. The number of amides is 2. The van der Waals surface area contributed by atoms with Crippen LogP contribution >= 0.6 is 0 Å². The normalized spacial score (nSPS) is 28.7. The average Bonchev–Trinajstić information content (AvgIpc) is 3.30. The number of H-pyrrole nitrogens is 1. The Labute approximate surface area is 201 Å². The van der Waals surface area contributed by atoms with Crippen LogP contribution in [0.15, 0.2) is 42.5 Å². The molecule has 2 aliphatic carbocycles. The fourth-order valence-corrected chi connectivity index (χ4v) is 7.22. The highest BCUT2D eigenvalue weighted by Gasteiger charge is 2.59. The standard InChI is InChI=1S/C30H34N2O2/c1-16-9-8-12-23(17(16)2)32-28(33)25-21-15-18(30(3,4)5)13-14-19(21)24-20-10-6-7-11-22(20)31-27(24)26(25)29(32)34/h6-12,18-19,21,25-26,31H,13-15H2,1-5H3/t18-,19+,21-,25-,26-/m0/s1. The monoisotopic (exact) mass is 454 g/mol. The Morgan fingerprint density at radius 2 is 1.71 bits per heavy atom. The van der Waals surface area contributed by atoms with E-state index in [1.54, 1.807) is 0 Å². The molecule has 1 N–H and O–H groups in total. The molecule has 2 fully saturated rings. The molecule has 1 aliphatic heterocycles. The van der Waals surface area contributed by atoms with Crippen molar-refractivity contribution in [2.24, 2.45) is 23.2 Å². The fraction of sp³-hybridized carbons (Fsp3) is 0.467. The number of hydrogen-bond donors (Lipinski definition) is 1. The number of nitrogens with zero attached hydrogens (tertiary/aromatic N) is 1. The molecule has 6 rings (SSSR count). The van der Waals surface area contributed by atoms with E-state index in [1.165, 1.54) is 22.3 Å². The van der Waals surface area contributed by atoms with Gasteiger partial charge in [0.15, 0.2) is 0 Å². The van der Waals surface area contributed by atoms with Gasteiger partial charge in [-0.05, 0) is 85.1 Å². The molecule has 1 saturated heterocycles. The molecule has 34 heavy (non-hydrogen) atoms. The highest BCUT2D eigenvalue weighted by Crippen LogP contribution is 2.60. The molecule has 0 bridgehead atoms. The van der Waals surface area contributed by atoms with E-state index in [4.69, 9.17) is 0 Å². The summed E-state index contributed by atoms with van der Waals surface area (Å²) in [5, 5.41) is 1.23. The summed E-state index contributed by atoms with van der Waals surface area (Å²) in [5.74, 6) is 0.296. The maximum Gasteiger partial charge on any atom is 0.243 e. The number of aromatic nitrogens is 1. The molecule has 3 aliphatic rings. The van der Waals surface area contributed by atoms with Gasteiger partial charge in [-0.15, -0.1) is 0 Å². The van der Waals surface area contributed by atoms with E-state index >= 15 is 0 Å². The quantitative estimate of drug-likeness (QED) is 0.420. The lowest BCUT2D eigenvalue weighted by Gasteiger charge is -2.47. The Morgan fingerprint density at radius 3 is 2.47 bits per heavy atom. The van der Waals surface area contributed by atoms with Crippen LogP contribution in [0.3, 0.4) is 0 Å². The van der Waals surface area contributed by atoms with Gasteiger partial charge in [0.05, 0.1) is 17.5 Å². The molecule has 0 spiro atoms. The van der Waals surface area contributed by atoms with Crippen molar-refractivity contribution in [3.05, 3.63) is 64.8 Å². The lowest BCUT2D eigenvalue weighted by Crippen LogP contribution is -2.41. The van der Waals surface area contributed by atoms with Gasteiger partial charge in [-0.3, -0.25) is 9.59 Å². The molecule has 2 heterocycles. The van der Waals surface area contributed by atoms with Crippen molar-refractivity contribution < 1.29 is 9.59 Å². The van der Waals surface area contributed by atoms with Crippen LogP contribution in [0.4, 0.5) is 5.69 Å². The molecule has 2 amide bonds. The first-order chi connectivity index (χ1) is 16.2. The summed E-state index contributed by atoms with van der Waals surface area (Å²) in [6, 6.07) is 14.3. The average molecular weight is 455 g/mol. The zero-order valence-corrected chi connectivity index (χ0v) is 20.8. The molecule has 4 heteroatoms. The molecule has 0 radical (unpaired) electrons. The second-order valence-corrected chi connectivity index (χ2v) is 11.9. The van der Waals surface area contributed by atoms with Crippen LogP contribution in [-0.2, 0) is 9.59 Å². The van der Waals surface area contributed by atoms with Gasteiger partial charge in [0, 0.05) is 16.6 Å². The summed E-state index contributed by atoms with van der Waals surface area (Å²) in [6.45, 7) is 11.0. The molecule has 0 unspecified atom stereocenters. The van der Waals surface area contributed by atoms with Gasteiger partial charge < -0.3 is 4.98 Å². The van der Waals surface area contributed by atoms with Gasteiger partial charge in [-0.25, -0.2) is 4.90 Å². The van der Waals surface area contributed by atoms with Crippen molar-refractivity contribution in [1.82, 2.24) is 4.98 Å². The maximum atomic E-state index is 14.1. The maximum absolute atomic E-state index is 14.1. The van der Waals surface area contributed by atoms with E-state index in [1.807, 2.05) is 38.1 Å². The highest BCUT2D eigenvalue weighted by molar-refractivity contribution is 6.24. The van der Waals surface area contributed by atoms with Crippen molar-refractivity contribution >= 4 is 28.4 Å². The number of carbonyl (C=O) groups excluding carboxylic acids is 2. The fourth-order valence-electron chi connectivity index (χ4n) is 7.22. The highest BCUT2D eigenvalue weighted by atomic mass is 16.2. The number of rotatable bonds is 1. The topological polar surface area (TPSA) is 53.2 Å². The summed E-state index contributed by atoms with van der Waals surface area (Å²) in [5.41, 5.74) is 6.43. The van der Waals surface area contributed by atoms with Crippen LogP contribution < -0.4 is 4.90 Å². The SMILES string of the molecule is Cc1cccc(N2C(=O)[C@H]3[C@H]4C[C@@H](C(C)(C)C)CC[C@H]4c4c([nH]c5ccccc45)[C@H]3C2=O)c1C. The summed E-state index contributed by atoms with van der Waals surface area (Å²) in [4.78, 5) is 33.4. The van der Waals surface area contributed by atoms with Crippen molar-refractivity contribution in [3.63, 3.8) is 0 Å². The minimum atomic E-state index is -0.421. The van der Waals surface area contributed by atoms with Crippen LogP contribution in [0.5, 0.6) is 0 Å². The Balaban J connectivity index is 1.54. The summed E-state index contributed by atoms with van der Waals surface area (Å²) in [6.07, 6.45) is 3.26. The number of hydrogen-bond acceptors (Lipinski definition) is 2. The molecule has 4 nitrogen and oxygen atoms in total. The van der Waals surface area contributed by atoms with E-state index < -0.39 is 5.92 Å². The first-order valence-electron chi connectivity index (χ1n) is 12.7. The second kappa shape index (κ2) is 7.31. The largest absolute Gasteiger partial charge is 0.357 e. The van der Waals surface area contributed by atoms with Crippen molar-refractivity contribution in [2.45, 2.75) is 65.7 Å². The van der Waals surface area contributed by atoms with Crippen LogP contribution in [0.25, 0.3) is 10.9 Å². The van der Waals surface area contributed by atoms with Crippen molar-refractivity contribution in [1.29, 1.82) is 0 Å². The number of aromatic amines is 1. The van der Waals surface area contributed by atoms with Crippen LogP contribution in [0.1, 0.15) is 74.3 Å². The number of aryl methyl sites for hydroxylation is 1. The summed E-state index contributed by atoms with van der Waals surface area (Å²) in [7, 11) is 0. The van der Waals surface area contributed by atoms with E-state index in [0.29, 0.717) is 11.8 Å². The zero-order chi connectivity index (χ0) is 23.9. The predicted octanol–water partition coefficient (Wildman–Crippen LogP) is 6.62. The molecule has 3 aromatic rings. The molecule has 176 valence electrons. The number of nitrogens with one attached hydrogen (secondary N) is 1. The van der Waals surface area contributed by atoms with Crippen LogP contribution in [0.2, 0.25) is 0 Å². The number of anilines is 1. The Hall–Kier alpha value is -2.88. The third-order valence-electron chi connectivity index (χ3n) is 9.21. The lowest BCUT2D eigenvalue weighted by molar-refractivity contribution is -0.123. The summed E-state index contributed by atoms with van der Waals surface area (Å²) < 4.78 is 0. The van der Waals surface area contributed by atoms with E-state index in [2.05, 4.69) is 44.0 Å². The van der Waals surface area contributed by atoms with Gasteiger partial charge >= 0.3 is 0 Å². The number of imide groups is 1. The van der Waals surface area contributed by atoms with Gasteiger partial charge in [-0.1, -0.05) is 51.1 Å². The van der Waals surface area contributed by atoms with Gasteiger partial charge in [0.1, 0.15) is 0 Å². The Kier molecular flexibility index (Phi) is 4.65. The van der Waals surface area contributed by atoms with Crippen molar-refractivity contribution in [2.75, 3.05) is 4.90 Å². The molecule has 1 aromatic heterocycles. The first kappa shape index (κ1) is 21.6. The van der Waals surface area contributed by atoms with Crippen LogP contribution in [-0.4, -0.2) is 16.8 Å². The zero-order valence-electron chi connectivity index (χ0n) is 20.8. The van der Waals surface area contributed by atoms with E-state index in [0.717, 1.165) is 40.9 Å². The first-order valence-corrected chi connectivity index (χ1v) is 12.7. The third kappa shape index (κ3) is 2.90. The van der Waals surface area contributed by atoms with E-state index in [9.17, 15) is 9.59 Å². The van der Waals surface area contributed by atoms with Crippen LogP contribution in [0, 0.1) is 37.0 Å². The van der Waals surface area contributed by atoms with Gasteiger partial charge in [0.25, 0.3) is 0 Å². The smallest absolute Gasteiger partial charge is 0.243 e. The number of carbonyl (C=O) groups is 2. The lowest BCUT2D eigenvalue weighted by atomic mass is 9.56. The number of para-hydroxylation sites is 1. The predicted molar refractivity (Wildman–Crippen MR) is 136 cm³/mol. The second-order valence-electron chi connectivity index (χ2n) is 11.9. The number of benzene rings is 2. The molecule has 5 atom stereocenters. The van der Waals surface area contributed by atoms with E-state index in [-0.39, 0.29) is 29.1 Å². The Bertz CT molecular complexity index is 1330. The van der Waals surface area contributed by atoms with Gasteiger partial charge in [-0.2, -0.15) is 0 Å². The molecule has 2 aromatic carbocycles. The Morgan fingerprint density at radius 1 is 0.941 bits per heavy atom. The molecular weight excluding hydrogens is 420 g/mol. The van der Waals surface area contributed by atoms with Crippen molar-refractivity contribution in [3.8, 4) is 0 Å². The molecular formula is C30H34N2O2. The minimum absolute atomic E-state index is 0.00225.